The molecule has 1 aromatic rings. The molecule has 0 aliphatic rings. The molecule has 1 heterocycles. The van der Waals surface area contributed by atoms with Crippen molar-refractivity contribution < 1.29 is 9.59 Å². The van der Waals surface area contributed by atoms with Crippen molar-refractivity contribution in [2.75, 3.05) is 7.05 Å². The number of carbonyl (C=O) groups excluding carboxylic acids is 2. The summed E-state index contributed by atoms with van der Waals surface area (Å²) in [5.41, 5.74) is 6.51. The third kappa shape index (κ3) is 4.13. The van der Waals surface area contributed by atoms with Crippen molar-refractivity contribution in [3.63, 3.8) is 0 Å². The summed E-state index contributed by atoms with van der Waals surface area (Å²) in [6.07, 6.45) is 3.37. The van der Waals surface area contributed by atoms with Gasteiger partial charge in [-0.05, 0) is 6.42 Å². The van der Waals surface area contributed by atoms with Gasteiger partial charge in [0.05, 0.1) is 17.9 Å². The Morgan fingerprint density at radius 3 is 2.89 bits per heavy atom. The van der Waals surface area contributed by atoms with Crippen molar-refractivity contribution in [1.29, 1.82) is 0 Å². The van der Waals surface area contributed by atoms with Crippen LogP contribution >= 0.6 is 0 Å². The van der Waals surface area contributed by atoms with Crippen LogP contribution in [-0.2, 0) is 11.3 Å². The lowest BCUT2D eigenvalue weighted by molar-refractivity contribution is -0.120. The molecule has 8 heteroatoms. The normalized spacial score (nSPS) is 11.9. The van der Waals surface area contributed by atoms with Gasteiger partial charge in [-0.15, -0.1) is 5.10 Å². The second-order valence-corrected chi connectivity index (χ2v) is 3.86. The lowest BCUT2D eigenvalue weighted by Gasteiger charge is -2.04. The van der Waals surface area contributed by atoms with Gasteiger partial charge in [-0.1, -0.05) is 18.6 Å². The summed E-state index contributed by atoms with van der Waals surface area (Å²) >= 11 is 0. The summed E-state index contributed by atoms with van der Waals surface area (Å²) in [6.45, 7) is 1.96. The van der Waals surface area contributed by atoms with Gasteiger partial charge in [0.1, 0.15) is 6.54 Å². The molecule has 100 valence electrons. The summed E-state index contributed by atoms with van der Waals surface area (Å²) in [6, 6.07) is -0.728. The molecule has 0 spiro atoms. The third-order valence-electron chi connectivity index (χ3n) is 2.32. The van der Waals surface area contributed by atoms with Gasteiger partial charge >= 0.3 is 6.03 Å². The average Bonchev–Trinajstić information content (AvgIpc) is 2.77. The lowest BCUT2D eigenvalue weighted by atomic mass is 10.1. The number of nitrogens with zero attached hydrogens (tertiary/aromatic N) is 3. The van der Waals surface area contributed by atoms with Gasteiger partial charge in [-0.2, -0.15) is 0 Å². The first-order valence-corrected chi connectivity index (χ1v) is 5.74. The maximum atomic E-state index is 11.4. The monoisotopic (exact) mass is 254 g/mol. The molecule has 1 unspecified atom stereocenters. The minimum atomic E-state index is -0.553. The zero-order valence-corrected chi connectivity index (χ0v) is 10.5. The van der Waals surface area contributed by atoms with Crippen LogP contribution in [0, 0.1) is 0 Å². The SMILES string of the molecule is CCCC(N)c1cn(CC(=O)NC(=O)NC)nn1. The Morgan fingerprint density at radius 2 is 2.28 bits per heavy atom. The molecule has 1 aromatic heterocycles. The van der Waals surface area contributed by atoms with E-state index in [1.165, 1.54) is 11.7 Å². The zero-order valence-electron chi connectivity index (χ0n) is 10.5. The summed E-state index contributed by atoms with van der Waals surface area (Å²) in [5.74, 6) is -0.463. The summed E-state index contributed by atoms with van der Waals surface area (Å²) < 4.78 is 1.35. The number of amides is 3. The van der Waals surface area contributed by atoms with E-state index in [9.17, 15) is 9.59 Å². The van der Waals surface area contributed by atoms with Crippen molar-refractivity contribution in [3.05, 3.63) is 11.9 Å². The van der Waals surface area contributed by atoms with Gasteiger partial charge in [-0.25, -0.2) is 9.48 Å². The van der Waals surface area contributed by atoms with Crippen molar-refractivity contribution in [1.82, 2.24) is 25.6 Å². The number of hydrogen-bond acceptors (Lipinski definition) is 5. The van der Waals surface area contributed by atoms with E-state index in [1.54, 1.807) is 6.20 Å². The Balaban J connectivity index is 2.53. The molecule has 0 aliphatic carbocycles. The van der Waals surface area contributed by atoms with Crippen LogP contribution in [0.5, 0.6) is 0 Å². The smallest absolute Gasteiger partial charge is 0.321 e. The number of nitrogens with one attached hydrogen (secondary N) is 2. The van der Waals surface area contributed by atoms with Crippen LogP contribution in [0.25, 0.3) is 0 Å². The second-order valence-electron chi connectivity index (χ2n) is 3.86. The van der Waals surface area contributed by atoms with Gasteiger partial charge in [0.15, 0.2) is 0 Å². The molecule has 18 heavy (non-hydrogen) atoms. The minimum Gasteiger partial charge on any atom is -0.341 e. The molecule has 0 radical (unpaired) electrons. The molecule has 4 N–H and O–H groups in total. The quantitative estimate of drug-likeness (QED) is 0.657. The van der Waals surface area contributed by atoms with Crippen LogP contribution in [0.15, 0.2) is 6.20 Å². The number of carbonyl (C=O) groups is 2. The average molecular weight is 254 g/mol. The molecule has 0 aliphatic heterocycles. The van der Waals surface area contributed by atoms with Crippen LogP contribution in [-0.4, -0.2) is 34.0 Å². The molecular weight excluding hydrogens is 236 g/mol. The van der Waals surface area contributed by atoms with Gasteiger partial charge in [0.2, 0.25) is 5.91 Å². The van der Waals surface area contributed by atoms with Gasteiger partial charge < -0.3 is 11.1 Å². The highest BCUT2D eigenvalue weighted by Crippen LogP contribution is 2.11. The van der Waals surface area contributed by atoms with E-state index in [4.69, 9.17) is 5.73 Å². The predicted molar refractivity (Wildman–Crippen MR) is 64.5 cm³/mol. The second kappa shape index (κ2) is 6.70. The van der Waals surface area contributed by atoms with Crippen LogP contribution in [0.4, 0.5) is 4.79 Å². The fraction of sp³-hybridized carbons (Fsp3) is 0.600. The van der Waals surface area contributed by atoms with E-state index in [2.05, 4.69) is 20.9 Å². The summed E-state index contributed by atoms with van der Waals surface area (Å²) in [5, 5.41) is 12.1. The molecule has 0 aromatic carbocycles. The number of urea groups is 1. The van der Waals surface area contributed by atoms with E-state index >= 15 is 0 Å². The molecule has 8 nitrogen and oxygen atoms in total. The number of aromatic nitrogens is 3. The molecule has 3 amide bonds. The number of hydrogen-bond donors (Lipinski definition) is 3. The Hall–Kier alpha value is -1.96. The first kappa shape index (κ1) is 14.1. The van der Waals surface area contributed by atoms with E-state index in [0.717, 1.165) is 12.8 Å². The first-order chi connectivity index (χ1) is 8.56. The Morgan fingerprint density at radius 1 is 1.56 bits per heavy atom. The highest BCUT2D eigenvalue weighted by atomic mass is 16.2. The Bertz CT molecular complexity index is 416. The van der Waals surface area contributed by atoms with E-state index in [0.29, 0.717) is 5.69 Å². The van der Waals surface area contributed by atoms with Crippen molar-refractivity contribution >= 4 is 11.9 Å². The number of nitrogens with two attached hydrogens (primary N) is 1. The maximum absolute atomic E-state index is 11.4. The van der Waals surface area contributed by atoms with Crippen LogP contribution in [0.2, 0.25) is 0 Å². The maximum Gasteiger partial charge on any atom is 0.321 e. The summed E-state index contributed by atoms with van der Waals surface area (Å²) in [4.78, 5) is 22.3. The van der Waals surface area contributed by atoms with Crippen LogP contribution in [0.1, 0.15) is 31.5 Å². The highest BCUT2D eigenvalue weighted by molar-refractivity contribution is 5.93. The molecule has 0 saturated heterocycles. The van der Waals surface area contributed by atoms with Gasteiger partial charge in [0, 0.05) is 7.05 Å². The van der Waals surface area contributed by atoms with E-state index in [1.807, 2.05) is 6.92 Å². The van der Waals surface area contributed by atoms with Crippen molar-refractivity contribution in [3.8, 4) is 0 Å². The van der Waals surface area contributed by atoms with Gasteiger partial charge in [0.25, 0.3) is 0 Å². The van der Waals surface area contributed by atoms with Crippen molar-refractivity contribution in [2.24, 2.45) is 5.73 Å². The topological polar surface area (TPSA) is 115 Å². The molecule has 0 fully saturated rings. The first-order valence-electron chi connectivity index (χ1n) is 5.74. The number of imide groups is 1. The summed E-state index contributed by atoms with van der Waals surface area (Å²) in [7, 11) is 1.43. The van der Waals surface area contributed by atoms with Crippen LogP contribution in [0.3, 0.4) is 0 Å². The van der Waals surface area contributed by atoms with E-state index in [-0.39, 0.29) is 12.6 Å². The molecule has 0 saturated carbocycles. The number of rotatable bonds is 5. The van der Waals surface area contributed by atoms with Crippen LogP contribution < -0.4 is 16.4 Å². The third-order valence-corrected chi connectivity index (χ3v) is 2.32. The molecular formula is C10H18N6O2. The lowest BCUT2D eigenvalue weighted by Crippen LogP contribution is -2.39. The van der Waals surface area contributed by atoms with E-state index < -0.39 is 11.9 Å². The highest BCUT2D eigenvalue weighted by Gasteiger charge is 2.12. The molecule has 1 rings (SSSR count). The fourth-order valence-electron chi connectivity index (χ4n) is 1.40. The van der Waals surface area contributed by atoms with Gasteiger partial charge in [-0.3, -0.25) is 10.1 Å². The Kier molecular flexibility index (Phi) is 5.25. The van der Waals surface area contributed by atoms with Crippen molar-refractivity contribution in [2.45, 2.75) is 32.4 Å². The fourth-order valence-corrected chi connectivity index (χ4v) is 1.40. The standard InChI is InChI=1S/C10H18N6O2/c1-3-4-7(11)8-5-16(15-14-8)6-9(17)13-10(18)12-2/h5,7H,3-4,6,11H2,1-2H3,(H2,12,13,17,18). The zero-order chi connectivity index (χ0) is 13.5. The minimum absolute atomic E-state index is 0.0702. The molecule has 1 atom stereocenters. The molecule has 0 bridgehead atoms. The largest absolute Gasteiger partial charge is 0.341 e. The predicted octanol–water partition coefficient (Wildman–Crippen LogP) is -0.466. The Labute approximate surface area is 105 Å².